The smallest absolute Gasteiger partial charge is 0.0454 e. The highest BCUT2D eigenvalue weighted by Gasteiger charge is 2.08. The molecule has 0 bridgehead atoms. The van der Waals surface area contributed by atoms with E-state index < -0.39 is 0 Å². The fourth-order valence-corrected chi connectivity index (χ4v) is 1.76. The Hall–Kier alpha value is -0.490. The fourth-order valence-electron chi connectivity index (χ4n) is 1.12. The molecule has 1 aromatic rings. The molecule has 1 aromatic carbocycles. The summed E-state index contributed by atoms with van der Waals surface area (Å²) in [4.78, 5) is 0. The molecule has 0 radical (unpaired) electrons. The van der Waals surface area contributed by atoms with Crippen molar-refractivity contribution in [3.8, 4) is 11.8 Å². The number of halogens is 2. The maximum Gasteiger partial charge on any atom is 0.0454 e. The SMILES string of the molecule is CC#CCC(N)c1cc(Br)ccc1Cl. The highest BCUT2D eigenvalue weighted by Crippen LogP contribution is 2.26. The lowest BCUT2D eigenvalue weighted by Crippen LogP contribution is -2.09. The van der Waals surface area contributed by atoms with Gasteiger partial charge in [-0.05, 0) is 30.7 Å². The molecule has 0 aliphatic heterocycles. The standard InChI is InChI=1S/C11H11BrClN/c1-2-3-4-11(14)9-7-8(12)5-6-10(9)13/h5-7,11H,4,14H2,1H3. The molecule has 2 N–H and O–H groups in total. The molecule has 0 heterocycles. The third kappa shape index (κ3) is 3.02. The Kier molecular flexibility index (Phi) is 4.47. The molecule has 0 amide bonds. The van der Waals surface area contributed by atoms with Gasteiger partial charge in [0, 0.05) is 22.0 Å². The van der Waals surface area contributed by atoms with E-state index in [0.717, 1.165) is 10.0 Å². The number of rotatable bonds is 2. The molecule has 0 fully saturated rings. The van der Waals surface area contributed by atoms with Crippen molar-refractivity contribution in [2.45, 2.75) is 19.4 Å². The summed E-state index contributed by atoms with van der Waals surface area (Å²) >= 11 is 9.40. The van der Waals surface area contributed by atoms with E-state index in [4.69, 9.17) is 17.3 Å². The van der Waals surface area contributed by atoms with E-state index in [-0.39, 0.29) is 6.04 Å². The Morgan fingerprint density at radius 3 is 2.93 bits per heavy atom. The lowest BCUT2D eigenvalue weighted by atomic mass is 10.1. The summed E-state index contributed by atoms with van der Waals surface area (Å²) in [5, 5.41) is 0.693. The highest BCUT2D eigenvalue weighted by atomic mass is 79.9. The molecule has 0 aromatic heterocycles. The second-order valence-electron chi connectivity index (χ2n) is 2.90. The number of benzene rings is 1. The van der Waals surface area contributed by atoms with Gasteiger partial charge in [-0.3, -0.25) is 0 Å². The predicted molar refractivity (Wildman–Crippen MR) is 64.1 cm³/mol. The van der Waals surface area contributed by atoms with Gasteiger partial charge in [-0.1, -0.05) is 27.5 Å². The summed E-state index contributed by atoms with van der Waals surface area (Å²) in [5.41, 5.74) is 6.88. The zero-order valence-corrected chi connectivity index (χ0v) is 10.2. The molecule has 0 aliphatic rings. The average molecular weight is 273 g/mol. The van der Waals surface area contributed by atoms with Crippen molar-refractivity contribution in [1.82, 2.24) is 0 Å². The van der Waals surface area contributed by atoms with Crippen LogP contribution in [0.15, 0.2) is 22.7 Å². The molecule has 0 saturated heterocycles. The van der Waals surface area contributed by atoms with Crippen molar-refractivity contribution >= 4 is 27.5 Å². The van der Waals surface area contributed by atoms with Gasteiger partial charge in [-0.15, -0.1) is 11.8 Å². The maximum absolute atomic E-state index is 6.02. The summed E-state index contributed by atoms with van der Waals surface area (Å²) < 4.78 is 0.983. The van der Waals surface area contributed by atoms with Gasteiger partial charge in [0.15, 0.2) is 0 Å². The van der Waals surface area contributed by atoms with Crippen LogP contribution in [0.2, 0.25) is 5.02 Å². The van der Waals surface area contributed by atoms with E-state index in [1.165, 1.54) is 0 Å². The van der Waals surface area contributed by atoms with E-state index in [0.29, 0.717) is 11.4 Å². The second kappa shape index (κ2) is 5.41. The summed E-state index contributed by atoms with van der Waals surface area (Å²) in [6.07, 6.45) is 0.632. The van der Waals surface area contributed by atoms with E-state index in [1.807, 2.05) is 18.2 Å². The molecule has 1 unspecified atom stereocenters. The van der Waals surface area contributed by atoms with Crippen molar-refractivity contribution < 1.29 is 0 Å². The maximum atomic E-state index is 6.02. The van der Waals surface area contributed by atoms with E-state index in [2.05, 4.69) is 27.8 Å². The molecule has 1 rings (SSSR count). The van der Waals surface area contributed by atoms with Crippen LogP contribution in [0.5, 0.6) is 0 Å². The summed E-state index contributed by atoms with van der Waals surface area (Å²) in [5.74, 6) is 5.76. The number of nitrogens with two attached hydrogens (primary N) is 1. The van der Waals surface area contributed by atoms with Crippen LogP contribution in [-0.4, -0.2) is 0 Å². The van der Waals surface area contributed by atoms with Crippen molar-refractivity contribution in [3.63, 3.8) is 0 Å². The topological polar surface area (TPSA) is 26.0 Å². The first-order valence-electron chi connectivity index (χ1n) is 4.25. The van der Waals surface area contributed by atoms with Crippen LogP contribution in [0.1, 0.15) is 24.9 Å². The average Bonchev–Trinajstić information content (AvgIpc) is 2.18. The van der Waals surface area contributed by atoms with Crippen molar-refractivity contribution in [2.75, 3.05) is 0 Å². The van der Waals surface area contributed by atoms with E-state index in [1.54, 1.807) is 6.92 Å². The van der Waals surface area contributed by atoms with Crippen LogP contribution in [0.3, 0.4) is 0 Å². The molecular formula is C11H11BrClN. The summed E-state index contributed by atoms with van der Waals surface area (Å²) in [7, 11) is 0. The third-order valence-electron chi connectivity index (χ3n) is 1.86. The largest absolute Gasteiger partial charge is 0.323 e. The highest BCUT2D eigenvalue weighted by molar-refractivity contribution is 9.10. The van der Waals surface area contributed by atoms with Gasteiger partial charge in [-0.2, -0.15) is 0 Å². The molecule has 0 aliphatic carbocycles. The Balaban J connectivity index is 2.91. The Morgan fingerprint density at radius 1 is 1.57 bits per heavy atom. The van der Waals surface area contributed by atoms with Gasteiger partial charge >= 0.3 is 0 Å². The first kappa shape index (κ1) is 11.6. The first-order valence-corrected chi connectivity index (χ1v) is 5.42. The third-order valence-corrected chi connectivity index (χ3v) is 2.69. The normalized spacial score (nSPS) is 11.7. The zero-order valence-electron chi connectivity index (χ0n) is 7.85. The Labute approximate surface area is 97.8 Å². The van der Waals surface area contributed by atoms with Crippen LogP contribution in [-0.2, 0) is 0 Å². The summed E-state index contributed by atoms with van der Waals surface area (Å²) in [6.45, 7) is 1.80. The second-order valence-corrected chi connectivity index (χ2v) is 4.23. The zero-order chi connectivity index (χ0) is 10.6. The Morgan fingerprint density at radius 2 is 2.29 bits per heavy atom. The lowest BCUT2D eigenvalue weighted by molar-refractivity contribution is 0.754. The van der Waals surface area contributed by atoms with Crippen LogP contribution in [0, 0.1) is 11.8 Å². The number of hydrogen-bond acceptors (Lipinski definition) is 1. The van der Waals surface area contributed by atoms with Gasteiger partial charge in [0.2, 0.25) is 0 Å². The monoisotopic (exact) mass is 271 g/mol. The molecule has 3 heteroatoms. The predicted octanol–water partition coefficient (Wildman–Crippen LogP) is 3.52. The minimum atomic E-state index is -0.118. The van der Waals surface area contributed by atoms with E-state index in [9.17, 15) is 0 Å². The molecule has 1 atom stereocenters. The molecule has 0 spiro atoms. The molecule has 0 saturated carbocycles. The minimum Gasteiger partial charge on any atom is -0.323 e. The van der Waals surface area contributed by atoms with E-state index >= 15 is 0 Å². The first-order chi connectivity index (χ1) is 6.65. The van der Waals surface area contributed by atoms with Gasteiger partial charge < -0.3 is 5.73 Å². The van der Waals surface area contributed by atoms with Crippen LogP contribution >= 0.6 is 27.5 Å². The van der Waals surface area contributed by atoms with Gasteiger partial charge in [-0.25, -0.2) is 0 Å². The Bertz CT molecular complexity index is 379. The fraction of sp³-hybridized carbons (Fsp3) is 0.273. The molecule has 1 nitrogen and oxygen atoms in total. The number of hydrogen-bond donors (Lipinski definition) is 1. The van der Waals surface area contributed by atoms with Gasteiger partial charge in [0.05, 0.1) is 0 Å². The summed E-state index contributed by atoms with van der Waals surface area (Å²) in [6, 6.07) is 5.54. The van der Waals surface area contributed by atoms with Crippen molar-refractivity contribution in [2.24, 2.45) is 5.73 Å². The van der Waals surface area contributed by atoms with Gasteiger partial charge in [0.1, 0.15) is 0 Å². The minimum absolute atomic E-state index is 0.118. The van der Waals surface area contributed by atoms with Crippen LogP contribution < -0.4 is 5.73 Å². The van der Waals surface area contributed by atoms with Crippen molar-refractivity contribution in [3.05, 3.63) is 33.3 Å². The quantitative estimate of drug-likeness (QED) is 0.819. The van der Waals surface area contributed by atoms with Crippen LogP contribution in [0.4, 0.5) is 0 Å². The molecule has 74 valence electrons. The van der Waals surface area contributed by atoms with Crippen molar-refractivity contribution in [1.29, 1.82) is 0 Å². The molecule has 14 heavy (non-hydrogen) atoms. The van der Waals surface area contributed by atoms with Gasteiger partial charge in [0.25, 0.3) is 0 Å². The molecular weight excluding hydrogens is 261 g/mol. The van der Waals surface area contributed by atoms with Crippen LogP contribution in [0.25, 0.3) is 0 Å². The lowest BCUT2D eigenvalue weighted by Gasteiger charge is -2.10.